The third kappa shape index (κ3) is 1.60. The molecule has 0 aliphatic heterocycles. The van der Waals surface area contributed by atoms with Gasteiger partial charge in [0.05, 0.1) is 5.52 Å². The van der Waals surface area contributed by atoms with Crippen LogP contribution in [-0.2, 0) is 0 Å². The van der Waals surface area contributed by atoms with E-state index >= 15 is 0 Å². The molecule has 5 heteroatoms. The molecule has 3 aromatic rings. The van der Waals surface area contributed by atoms with Gasteiger partial charge in [0, 0.05) is 49.8 Å². The molecule has 1 N–H and O–H groups in total. The van der Waals surface area contributed by atoms with Crippen LogP contribution in [0.15, 0.2) is 36.9 Å². The summed E-state index contributed by atoms with van der Waals surface area (Å²) in [5.41, 5.74) is 2.00. The molecule has 0 saturated carbocycles. The number of nitrogens with zero attached hydrogens (tertiary/aromatic N) is 4. The molecule has 3 aromatic heterocycles. The number of rotatable bonds is 2. The van der Waals surface area contributed by atoms with Gasteiger partial charge in [0.15, 0.2) is 11.6 Å². The Morgan fingerprint density at radius 3 is 2.56 bits per heavy atom. The number of hydrogen-bond donors (Lipinski definition) is 1. The highest BCUT2D eigenvalue weighted by molar-refractivity contribution is 5.99. The molecule has 0 aliphatic rings. The molecule has 0 radical (unpaired) electrons. The largest absolute Gasteiger partial charge is 0.361 e. The summed E-state index contributed by atoms with van der Waals surface area (Å²) in [6.45, 7) is 0. The average Bonchev–Trinajstić information content (AvgIpc) is 2.83. The van der Waals surface area contributed by atoms with Crippen molar-refractivity contribution in [1.82, 2.24) is 19.9 Å². The summed E-state index contributed by atoms with van der Waals surface area (Å²) < 4.78 is 0. The predicted octanol–water partition coefficient (Wildman–Crippen LogP) is 2.09. The van der Waals surface area contributed by atoms with E-state index in [0.717, 1.165) is 28.1 Å². The van der Waals surface area contributed by atoms with Gasteiger partial charge >= 0.3 is 0 Å². The third-order valence-corrected chi connectivity index (χ3v) is 2.81. The van der Waals surface area contributed by atoms with Gasteiger partial charge in [0.2, 0.25) is 0 Å². The van der Waals surface area contributed by atoms with Crippen LogP contribution in [0.2, 0.25) is 0 Å². The van der Waals surface area contributed by atoms with Crippen molar-refractivity contribution in [3.05, 3.63) is 36.9 Å². The van der Waals surface area contributed by atoms with Crippen LogP contribution in [0.4, 0.5) is 5.82 Å². The quantitative estimate of drug-likeness (QED) is 0.744. The summed E-state index contributed by atoms with van der Waals surface area (Å²) in [5, 5.41) is 1.08. The number of anilines is 1. The molecule has 0 spiro atoms. The molecule has 0 amide bonds. The zero-order valence-corrected chi connectivity index (χ0v) is 10.3. The van der Waals surface area contributed by atoms with Gasteiger partial charge in [-0.25, -0.2) is 15.0 Å². The van der Waals surface area contributed by atoms with E-state index in [-0.39, 0.29) is 0 Å². The van der Waals surface area contributed by atoms with E-state index in [0.29, 0.717) is 0 Å². The Bertz CT molecular complexity index is 672. The van der Waals surface area contributed by atoms with Gasteiger partial charge in [0.25, 0.3) is 0 Å². The lowest BCUT2D eigenvalue weighted by molar-refractivity contribution is 1.08. The van der Waals surface area contributed by atoms with Crippen molar-refractivity contribution in [3.8, 4) is 11.4 Å². The van der Waals surface area contributed by atoms with Crippen LogP contribution >= 0.6 is 0 Å². The minimum absolute atomic E-state index is 0.722. The summed E-state index contributed by atoms with van der Waals surface area (Å²) in [4.78, 5) is 18.2. The molecule has 0 unspecified atom stereocenters. The SMILES string of the molecule is CN(C)c1nccc2c(-c3ncccn3)c[nH]c12. The molecular formula is C13H13N5. The fourth-order valence-corrected chi connectivity index (χ4v) is 2.00. The predicted molar refractivity (Wildman–Crippen MR) is 71.4 cm³/mol. The first-order valence-corrected chi connectivity index (χ1v) is 5.68. The minimum atomic E-state index is 0.722. The van der Waals surface area contributed by atoms with E-state index < -0.39 is 0 Å². The van der Waals surface area contributed by atoms with Crippen molar-refractivity contribution in [2.75, 3.05) is 19.0 Å². The molecule has 0 bridgehead atoms. The Morgan fingerprint density at radius 1 is 1.06 bits per heavy atom. The van der Waals surface area contributed by atoms with Gasteiger partial charge in [-0.05, 0) is 12.1 Å². The first-order valence-electron chi connectivity index (χ1n) is 5.68. The third-order valence-electron chi connectivity index (χ3n) is 2.81. The van der Waals surface area contributed by atoms with Crippen LogP contribution in [0, 0.1) is 0 Å². The van der Waals surface area contributed by atoms with Crippen LogP contribution < -0.4 is 4.90 Å². The number of nitrogens with one attached hydrogen (secondary N) is 1. The highest BCUT2D eigenvalue weighted by atomic mass is 15.1. The second-order valence-corrected chi connectivity index (χ2v) is 4.23. The van der Waals surface area contributed by atoms with Crippen molar-refractivity contribution < 1.29 is 0 Å². The molecule has 90 valence electrons. The van der Waals surface area contributed by atoms with Gasteiger partial charge in [-0.15, -0.1) is 0 Å². The van der Waals surface area contributed by atoms with E-state index in [4.69, 9.17) is 0 Å². The van der Waals surface area contributed by atoms with Crippen LogP contribution in [0.5, 0.6) is 0 Å². The van der Waals surface area contributed by atoms with Crippen molar-refractivity contribution >= 4 is 16.7 Å². The maximum atomic E-state index is 4.37. The Labute approximate surface area is 105 Å². The van der Waals surface area contributed by atoms with Crippen LogP contribution in [0.3, 0.4) is 0 Å². The average molecular weight is 239 g/mol. The van der Waals surface area contributed by atoms with Crippen LogP contribution in [0.25, 0.3) is 22.3 Å². The van der Waals surface area contributed by atoms with Crippen molar-refractivity contribution in [3.63, 3.8) is 0 Å². The lowest BCUT2D eigenvalue weighted by Gasteiger charge is -2.11. The molecule has 0 aromatic carbocycles. The van der Waals surface area contributed by atoms with Gasteiger partial charge in [-0.3, -0.25) is 0 Å². The number of hydrogen-bond acceptors (Lipinski definition) is 4. The van der Waals surface area contributed by atoms with Gasteiger partial charge in [-0.2, -0.15) is 0 Å². The second-order valence-electron chi connectivity index (χ2n) is 4.23. The van der Waals surface area contributed by atoms with Gasteiger partial charge in [-0.1, -0.05) is 0 Å². The Balaban J connectivity index is 2.25. The second kappa shape index (κ2) is 4.10. The maximum absolute atomic E-state index is 4.37. The molecule has 0 saturated heterocycles. The molecule has 5 nitrogen and oxygen atoms in total. The van der Waals surface area contributed by atoms with E-state index in [9.17, 15) is 0 Å². The topological polar surface area (TPSA) is 57.7 Å². The number of aromatic amines is 1. The van der Waals surface area contributed by atoms with E-state index in [2.05, 4.69) is 19.9 Å². The summed E-state index contributed by atoms with van der Waals surface area (Å²) in [7, 11) is 3.95. The Morgan fingerprint density at radius 2 is 1.83 bits per heavy atom. The number of aromatic nitrogens is 4. The van der Waals surface area contributed by atoms with Crippen molar-refractivity contribution in [2.24, 2.45) is 0 Å². The normalized spacial score (nSPS) is 10.8. The summed E-state index contributed by atoms with van der Waals surface area (Å²) >= 11 is 0. The zero-order chi connectivity index (χ0) is 12.5. The Hall–Kier alpha value is -2.43. The molecule has 3 rings (SSSR count). The molecule has 0 atom stereocenters. The van der Waals surface area contributed by atoms with Crippen molar-refractivity contribution in [1.29, 1.82) is 0 Å². The molecule has 18 heavy (non-hydrogen) atoms. The first kappa shape index (κ1) is 10.7. The number of pyridine rings is 1. The fourth-order valence-electron chi connectivity index (χ4n) is 2.00. The minimum Gasteiger partial charge on any atom is -0.361 e. The smallest absolute Gasteiger partial charge is 0.161 e. The van der Waals surface area contributed by atoms with E-state index in [1.54, 1.807) is 18.6 Å². The lowest BCUT2D eigenvalue weighted by atomic mass is 10.2. The maximum Gasteiger partial charge on any atom is 0.161 e. The lowest BCUT2D eigenvalue weighted by Crippen LogP contribution is -2.10. The molecule has 0 aliphatic carbocycles. The highest BCUT2D eigenvalue weighted by Gasteiger charge is 2.12. The fraction of sp³-hybridized carbons (Fsp3) is 0.154. The van der Waals surface area contributed by atoms with E-state index in [1.165, 1.54) is 0 Å². The van der Waals surface area contributed by atoms with Crippen LogP contribution in [-0.4, -0.2) is 34.0 Å². The zero-order valence-electron chi connectivity index (χ0n) is 10.3. The van der Waals surface area contributed by atoms with E-state index in [1.807, 2.05) is 37.3 Å². The summed E-state index contributed by atoms with van der Waals surface area (Å²) in [6, 6.07) is 3.79. The monoisotopic (exact) mass is 239 g/mol. The highest BCUT2D eigenvalue weighted by Crippen LogP contribution is 2.29. The van der Waals surface area contributed by atoms with Gasteiger partial charge in [0.1, 0.15) is 0 Å². The van der Waals surface area contributed by atoms with Crippen molar-refractivity contribution in [2.45, 2.75) is 0 Å². The number of H-pyrrole nitrogens is 1. The van der Waals surface area contributed by atoms with Gasteiger partial charge < -0.3 is 9.88 Å². The number of fused-ring (bicyclic) bond motifs is 1. The molecule has 3 heterocycles. The molecule has 0 fully saturated rings. The standard InChI is InChI=1S/C13H13N5/c1-18(2)13-11-9(4-7-16-13)10(8-17-11)12-14-5-3-6-15-12/h3-8,17H,1-2H3. The Kier molecular flexibility index (Phi) is 2.44. The summed E-state index contributed by atoms with van der Waals surface area (Å²) in [5.74, 6) is 1.63. The first-order chi connectivity index (χ1) is 8.77. The summed E-state index contributed by atoms with van der Waals surface area (Å²) in [6.07, 6.45) is 7.22. The molecular weight excluding hydrogens is 226 g/mol. The van der Waals surface area contributed by atoms with Crippen LogP contribution in [0.1, 0.15) is 0 Å².